The highest BCUT2D eigenvalue weighted by Gasteiger charge is 2.15. The van der Waals surface area contributed by atoms with E-state index in [-0.39, 0.29) is 17.9 Å². The molecule has 1 aliphatic rings. The standard InChI is InChI=1S/C20H32N4O3/c1-15(2)19(25)24-17-7-5-16(6-8-17)13-23-20(21-3)22-10-4-11-27-18-9-12-26-14-18/h5-8,15,18H,4,9-14H2,1-3H3,(H,24,25)(H2,21,22,23). The lowest BCUT2D eigenvalue weighted by Crippen LogP contribution is -2.37. The molecular weight excluding hydrogens is 344 g/mol. The van der Waals surface area contributed by atoms with E-state index >= 15 is 0 Å². The van der Waals surface area contributed by atoms with E-state index in [9.17, 15) is 4.79 Å². The van der Waals surface area contributed by atoms with Gasteiger partial charge in [-0.1, -0.05) is 26.0 Å². The number of anilines is 1. The van der Waals surface area contributed by atoms with Crippen LogP contribution in [-0.4, -0.2) is 51.4 Å². The van der Waals surface area contributed by atoms with Crippen molar-refractivity contribution >= 4 is 17.6 Å². The first-order valence-electron chi connectivity index (χ1n) is 9.62. The van der Waals surface area contributed by atoms with E-state index in [4.69, 9.17) is 9.47 Å². The number of hydrogen-bond acceptors (Lipinski definition) is 4. The molecule has 0 aliphatic carbocycles. The highest BCUT2D eigenvalue weighted by molar-refractivity contribution is 5.92. The zero-order chi connectivity index (χ0) is 19.5. The Labute approximate surface area is 161 Å². The SMILES string of the molecule is CN=C(NCCCOC1CCOC1)NCc1ccc(NC(=O)C(C)C)cc1. The zero-order valence-electron chi connectivity index (χ0n) is 16.6. The molecule has 150 valence electrons. The summed E-state index contributed by atoms with van der Waals surface area (Å²) < 4.78 is 11.0. The molecule has 0 aromatic heterocycles. The maximum absolute atomic E-state index is 11.7. The van der Waals surface area contributed by atoms with Gasteiger partial charge in [0, 0.05) is 45.0 Å². The van der Waals surface area contributed by atoms with E-state index in [1.807, 2.05) is 38.1 Å². The Kier molecular flexibility index (Phi) is 9.07. The fraction of sp³-hybridized carbons (Fsp3) is 0.600. The number of carbonyl (C=O) groups is 1. The second-order valence-electron chi connectivity index (χ2n) is 6.90. The van der Waals surface area contributed by atoms with E-state index in [0.29, 0.717) is 6.54 Å². The Morgan fingerprint density at radius 3 is 2.70 bits per heavy atom. The van der Waals surface area contributed by atoms with E-state index in [0.717, 1.165) is 56.4 Å². The highest BCUT2D eigenvalue weighted by Crippen LogP contribution is 2.11. The van der Waals surface area contributed by atoms with Gasteiger partial charge in [-0.05, 0) is 30.5 Å². The van der Waals surface area contributed by atoms with Crippen molar-refractivity contribution in [3.63, 3.8) is 0 Å². The average molecular weight is 377 g/mol. The van der Waals surface area contributed by atoms with Crippen LogP contribution in [0, 0.1) is 5.92 Å². The van der Waals surface area contributed by atoms with Gasteiger partial charge < -0.3 is 25.4 Å². The van der Waals surface area contributed by atoms with Gasteiger partial charge in [0.15, 0.2) is 5.96 Å². The maximum Gasteiger partial charge on any atom is 0.226 e. The molecule has 1 unspecified atom stereocenters. The van der Waals surface area contributed by atoms with Crippen molar-refractivity contribution in [3.05, 3.63) is 29.8 Å². The molecule has 1 saturated heterocycles. The monoisotopic (exact) mass is 376 g/mol. The Morgan fingerprint density at radius 1 is 1.30 bits per heavy atom. The minimum Gasteiger partial charge on any atom is -0.379 e. The van der Waals surface area contributed by atoms with E-state index < -0.39 is 0 Å². The molecule has 1 fully saturated rings. The largest absolute Gasteiger partial charge is 0.379 e. The smallest absolute Gasteiger partial charge is 0.226 e. The lowest BCUT2D eigenvalue weighted by Gasteiger charge is -2.13. The molecule has 1 heterocycles. The number of benzene rings is 1. The summed E-state index contributed by atoms with van der Waals surface area (Å²) in [6.45, 7) is 7.47. The summed E-state index contributed by atoms with van der Waals surface area (Å²) >= 11 is 0. The summed E-state index contributed by atoms with van der Waals surface area (Å²) in [7, 11) is 1.76. The van der Waals surface area contributed by atoms with Crippen LogP contribution in [0.15, 0.2) is 29.3 Å². The van der Waals surface area contributed by atoms with Crippen molar-refractivity contribution in [2.24, 2.45) is 10.9 Å². The Bertz CT molecular complexity index is 596. The zero-order valence-corrected chi connectivity index (χ0v) is 16.6. The van der Waals surface area contributed by atoms with Gasteiger partial charge in [0.25, 0.3) is 0 Å². The van der Waals surface area contributed by atoms with Gasteiger partial charge in [0.05, 0.1) is 12.7 Å². The van der Waals surface area contributed by atoms with Crippen LogP contribution in [0.25, 0.3) is 0 Å². The summed E-state index contributed by atoms with van der Waals surface area (Å²) in [4.78, 5) is 15.9. The Hall–Kier alpha value is -2.12. The number of aliphatic imine (C=N–C) groups is 1. The van der Waals surface area contributed by atoms with Crippen molar-refractivity contribution < 1.29 is 14.3 Å². The maximum atomic E-state index is 11.7. The van der Waals surface area contributed by atoms with Crippen LogP contribution in [0.2, 0.25) is 0 Å². The van der Waals surface area contributed by atoms with Crippen LogP contribution in [0.5, 0.6) is 0 Å². The number of rotatable bonds is 9. The lowest BCUT2D eigenvalue weighted by molar-refractivity contribution is -0.118. The number of guanidine groups is 1. The first-order valence-corrected chi connectivity index (χ1v) is 9.62. The predicted molar refractivity (Wildman–Crippen MR) is 108 cm³/mol. The number of carbonyl (C=O) groups excluding carboxylic acids is 1. The van der Waals surface area contributed by atoms with Crippen LogP contribution in [0.3, 0.4) is 0 Å². The van der Waals surface area contributed by atoms with Gasteiger partial charge in [0.1, 0.15) is 0 Å². The third kappa shape index (κ3) is 7.97. The third-order valence-corrected chi connectivity index (χ3v) is 4.28. The first-order chi connectivity index (χ1) is 13.1. The Morgan fingerprint density at radius 2 is 2.07 bits per heavy atom. The summed E-state index contributed by atoms with van der Waals surface area (Å²) in [6, 6.07) is 7.82. The highest BCUT2D eigenvalue weighted by atomic mass is 16.5. The van der Waals surface area contributed by atoms with Crippen LogP contribution in [0.4, 0.5) is 5.69 Å². The molecule has 1 aromatic rings. The molecule has 0 spiro atoms. The predicted octanol–water partition coefficient (Wildman–Crippen LogP) is 2.14. The summed E-state index contributed by atoms with van der Waals surface area (Å²) in [5.41, 5.74) is 1.93. The van der Waals surface area contributed by atoms with Gasteiger partial charge >= 0.3 is 0 Å². The van der Waals surface area contributed by atoms with E-state index in [1.54, 1.807) is 7.05 Å². The minimum atomic E-state index is -0.0300. The first kappa shape index (κ1) is 21.2. The van der Waals surface area contributed by atoms with Gasteiger partial charge in [-0.15, -0.1) is 0 Å². The van der Waals surface area contributed by atoms with Gasteiger partial charge in [-0.2, -0.15) is 0 Å². The van der Waals surface area contributed by atoms with Crippen molar-refractivity contribution in [1.29, 1.82) is 0 Å². The van der Waals surface area contributed by atoms with Gasteiger partial charge in [-0.3, -0.25) is 9.79 Å². The molecule has 1 aromatic carbocycles. The molecule has 27 heavy (non-hydrogen) atoms. The molecule has 0 saturated carbocycles. The number of hydrogen-bond donors (Lipinski definition) is 3. The molecule has 7 heteroatoms. The summed E-state index contributed by atoms with van der Waals surface area (Å²) in [5, 5.41) is 9.46. The molecule has 1 aliphatic heterocycles. The van der Waals surface area contributed by atoms with Crippen molar-refractivity contribution in [2.45, 2.75) is 39.3 Å². The lowest BCUT2D eigenvalue weighted by atomic mass is 10.1. The van der Waals surface area contributed by atoms with Gasteiger partial charge in [0.2, 0.25) is 5.91 Å². The van der Waals surface area contributed by atoms with Crippen molar-refractivity contribution in [3.8, 4) is 0 Å². The van der Waals surface area contributed by atoms with Crippen LogP contribution in [0.1, 0.15) is 32.3 Å². The molecule has 1 amide bonds. The van der Waals surface area contributed by atoms with Crippen molar-refractivity contribution in [1.82, 2.24) is 10.6 Å². The molecule has 0 bridgehead atoms. The molecule has 7 nitrogen and oxygen atoms in total. The van der Waals surface area contributed by atoms with Crippen LogP contribution in [-0.2, 0) is 20.8 Å². The molecule has 0 radical (unpaired) electrons. The third-order valence-electron chi connectivity index (χ3n) is 4.28. The molecular formula is C20H32N4O3. The summed E-state index contributed by atoms with van der Waals surface area (Å²) in [5.74, 6) is 0.754. The topological polar surface area (TPSA) is 84.0 Å². The van der Waals surface area contributed by atoms with E-state index in [1.165, 1.54) is 0 Å². The fourth-order valence-corrected chi connectivity index (χ4v) is 2.57. The number of nitrogens with zero attached hydrogens (tertiary/aromatic N) is 1. The van der Waals surface area contributed by atoms with Gasteiger partial charge in [-0.25, -0.2) is 0 Å². The quantitative estimate of drug-likeness (QED) is 0.349. The Balaban J connectivity index is 1.63. The normalized spacial score (nSPS) is 17.2. The van der Waals surface area contributed by atoms with E-state index in [2.05, 4.69) is 20.9 Å². The number of amides is 1. The second kappa shape index (κ2) is 11.6. The second-order valence-corrected chi connectivity index (χ2v) is 6.90. The number of nitrogens with one attached hydrogen (secondary N) is 3. The average Bonchev–Trinajstić information content (AvgIpc) is 3.18. The molecule has 2 rings (SSSR count). The van der Waals surface area contributed by atoms with Crippen LogP contribution < -0.4 is 16.0 Å². The fourth-order valence-electron chi connectivity index (χ4n) is 2.57. The van der Waals surface area contributed by atoms with Crippen molar-refractivity contribution in [2.75, 3.05) is 38.7 Å². The minimum absolute atomic E-state index is 0.0231. The summed E-state index contributed by atoms with van der Waals surface area (Å²) in [6.07, 6.45) is 2.17. The molecule has 1 atom stereocenters. The van der Waals surface area contributed by atoms with Crippen LogP contribution >= 0.6 is 0 Å². The number of ether oxygens (including phenoxy) is 2. The molecule has 3 N–H and O–H groups in total.